The second-order valence-corrected chi connectivity index (χ2v) is 12.5. The van der Waals surface area contributed by atoms with Gasteiger partial charge in [-0.1, -0.05) is 127 Å². The van der Waals surface area contributed by atoms with Gasteiger partial charge < -0.3 is 0 Å². The molecule has 2 aliphatic rings. The Morgan fingerprint density at radius 1 is 0.535 bits per heavy atom. The molecule has 202 valence electrons. The topological polar surface area (TPSA) is 25.8 Å². The van der Waals surface area contributed by atoms with Crippen molar-refractivity contribution < 1.29 is 0 Å². The summed E-state index contributed by atoms with van der Waals surface area (Å²) in [7, 11) is 0. The van der Waals surface area contributed by atoms with Crippen molar-refractivity contribution in [2.24, 2.45) is 0 Å². The molecule has 2 nitrogen and oxygen atoms in total. The Balaban J connectivity index is 1.13. The average Bonchev–Trinajstić information content (AvgIpc) is 3.47. The first-order valence-electron chi connectivity index (χ1n) is 14.7. The van der Waals surface area contributed by atoms with Crippen LogP contribution in [0.2, 0.25) is 0 Å². The maximum atomic E-state index is 5.22. The SMILES string of the molecule is C1=CC2Sc3c(-c4cccc(-c5cccc(-c6cnc7c8ccccc8c8ccccc8c7n6)c5)c4)cccc3C2C=C1. The highest BCUT2D eigenvalue weighted by Crippen LogP contribution is 2.51. The third kappa shape index (κ3) is 3.96. The second-order valence-electron chi connectivity index (χ2n) is 11.3. The van der Waals surface area contributed by atoms with Crippen molar-refractivity contribution in [3.63, 3.8) is 0 Å². The second kappa shape index (κ2) is 9.79. The minimum Gasteiger partial charge on any atom is -0.252 e. The highest BCUT2D eigenvalue weighted by atomic mass is 32.2. The van der Waals surface area contributed by atoms with Gasteiger partial charge in [-0.25, -0.2) is 4.98 Å². The highest BCUT2D eigenvalue weighted by Gasteiger charge is 2.32. The molecule has 43 heavy (non-hydrogen) atoms. The summed E-state index contributed by atoms with van der Waals surface area (Å²) in [6, 6.07) is 41.4. The van der Waals surface area contributed by atoms with Gasteiger partial charge in [-0.15, -0.1) is 11.8 Å². The normalized spacial score (nSPS) is 17.0. The minimum absolute atomic E-state index is 0.461. The molecule has 7 aromatic rings. The van der Waals surface area contributed by atoms with E-state index in [0.717, 1.165) is 33.1 Å². The van der Waals surface area contributed by atoms with E-state index in [4.69, 9.17) is 9.97 Å². The molecule has 2 heterocycles. The number of allylic oxidation sites excluding steroid dienone is 3. The van der Waals surface area contributed by atoms with Gasteiger partial charge in [-0.2, -0.15) is 0 Å². The van der Waals surface area contributed by atoms with Crippen molar-refractivity contribution in [1.82, 2.24) is 9.97 Å². The van der Waals surface area contributed by atoms with E-state index in [0.29, 0.717) is 11.2 Å². The van der Waals surface area contributed by atoms with Crippen molar-refractivity contribution in [3.05, 3.63) is 151 Å². The van der Waals surface area contributed by atoms with Gasteiger partial charge >= 0.3 is 0 Å². The first-order chi connectivity index (χ1) is 21.3. The van der Waals surface area contributed by atoms with Gasteiger partial charge in [0.1, 0.15) is 0 Å². The maximum absolute atomic E-state index is 5.22. The Labute approximate surface area is 254 Å². The lowest BCUT2D eigenvalue weighted by atomic mass is 9.90. The molecule has 6 aromatic carbocycles. The van der Waals surface area contributed by atoms with Crippen LogP contribution in [0.3, 0.4) is 0 Å². The van der Waals surface area contributed by atoms with E-state index < -0.39 is 0 Å². The molecule has 0 radical (unpaired) electrons. The Bertz CT molecular complexity index is 2260. The van der Waals surface area contributed by atoms with E-state index >= 15 is 0 Å². The van der Waals surface area contributed by atoms with Crippen molar-refractivity contribution in [3.8, 4) is 33.5 Å². The van der Waals surface area contributed by atoms with Gasteiger partial charge in [0.15, 0.2) is 0 Å². The van der Waals surface area contributed by atoms with Crippen LogP contribution in [0.15, 0.2) is 151 Å². The molecule has 0 spiro atoms. The fourth-order valence-electron chi connectivity index (χ4n) is 6.78. The lowest BCUT2D eigenvalue weighted by Crippen LogP contribution is -2.06. The molecular weight excluding hydrogens is 541 g/mol. The largest absolute Gasteiger partial charge is 0.252 e. The number of hydrogen-bond acceptors (Lipinski definition) is 3. The van der Waals surface area contributed by atoms with Crippen molar-refractivity contribution >= 4 is 44.3 Å². The molecule has 0 amide bonds. The van der Waals surface area contributed by atoms with Gasteiger partial charge in [-0.05, 0) is 50.7 Å². The lowest BCUT2D eigenvalue weighted by molar-refractivity contribution is 0.881. The molecule has 0 N–H and O–H groups in total. The molecule has 3 heteroatoms. The molecular formula is C40H26N2S. The summed E-state index contributed by atoms with van der Waals surface area (Å²) in [6.07, 6.45) is 11.0. The minimum atomic E-state index is 0.461. The third-order valence-electron chi connectivity index (χ3n) is 8.84. The zero-order valence-corrected chi connectivity index (χ0v) is 24.1. The predicted octanol–water partition coefficient (Wildman–Crippen LogP) is 10.6. The first kappa shape index (κ1) is 24.6. The lowest BCUT2D eigenvalue weighted by Gasteiger charge is -2.14. The number of nitrogens with zero attached hydrogens (tertiary/aromatic N) is 2. The number of rotatable bonds is 3. The van der Waals surface area contributed by atoms with E-state index in [-0.39, 0.29) is 0 Å². The molecule has 2 unspecified atom stereocenters. The van der Waals surface area contributed by atoms with Gasteiger partial charge in [0.05, 0.1) is 22.9 Å². The van der Waals surface area contributed by atoms with Crippen LogP contribution < -0.4 is 0 Å². The van der Waals surface area contributed by atoms with E-state index in [9.17, 15) is 0 Å². The summed E-state index contributed by atoms with van der Waals surface area (Å²) in [5, 5.41) is 5.17. The Morgan fingerprint density at radius 3 is 1.95 bits per heavy atom. The fourth-order valence-corrected chi connectivity index (χ4v) is 8.26. The van der Waals surface area contributed by atoms with Gasteiger partial charge in [0.25, 0.3) is 0 Å². The van der Waals surface area contributed by atoms with Crippen LogP contribution >= 0.6 is 11.8 Å². The zero-order chi connectivity index (χ0) is 28.3. The smallest absolute Gasteiger partial charge is 0.0979 e. The quantitative estimate of drug-likeness (QED) is 0.199. The van der Waals surface area contributed by atoms with Crippen molar-refractivity contribution in [2.45, 2.75) is 16.1 Å². The number of aromatic nitrogens is 2. The van der Waals surface area contributed by atoms with Crippen LogP contribution in [0.1, 0.15) is 11.5 Å². The van der Waals surface area contributed by atoms with Crippen LogP contribution in [-0.4, -0.2) is 15.2 Å². The van der Waals surface area contributed by atoms with Gasteiger partial charge in [0, 0.05) is 32.4 Å². The first-order valence-corrected chi connectivity index (χ1v) is 15.6. The predicted molar refractivity (Wildman–Crippen MR) is 182 cm³/mol. The third-order valence-corrected chi connectivity index (χ3v) is 10.2. The Kier molecular flexibility index (Phi) is 5.60. The molecule has 0 saturated carbocycles. The number of thioether (sulfide) groups is 1. The van der Waals surface area contributed by atoms with Crippen LogP contribution in [-0.2, 0) is 0 Å². The summed E-state index contributed by atoms with van der Waals surface area (Å²) in [5.41, 5.74) is 10.2. The van der Waals surface area contributed by atoms with Gasteiger partial charge in [-0.3, -0.25) is 4.98 Å². The van der Waals surface area contributed by atoms with E-state index in [2.05, 4.69) is 140 Å². The zero-order valence-electron chi connectivity index (χ0n) is 23.3. The fraction of sp³-hybridized carbons (Fsp3) is 0.0500. The summed E-state index contributed by atoms with van der Waals surface area (Å²) < 4.78 is 0. The van der Waals surface area contributed by atoms with Crippen LogP contribution in [0.4, 0.5) is 0 Å². The molecule has 1 aliphatic heterocycles. The van der Waals surface area contributed by atoms with Crippen molar-refractivity contribution in [2.75, 3.05) is 0 Å². The van der Waals surface area contributed by atoms with Crippen LogP contribution in [0, 0.1) is 0 Å². The number of benzene rings is 6. The average molecular weight is 567 g/mol. The van der Waals surface area contributed by atoms with Crippen molar-refractivity contribution in [1.29, 1.82) is 0 Å². The molecule has 0 bridgehead atoms. The Hall–Kier alpha value is -4.99. The standard InChI is InChI=1S/C40H26N2S/c1-3-17-33-30(14-1)31-15-2-4-18-34(31)39-38(33)41-24-36(42-39)28-13-8-11-26(23-28)25-10-7-12-27(22-25)29-19-9-20-35-32-16-5-6-21-37(32)43-40(29)35/h1-24,32,37H. The monoisotopic (exact) mass is 566 g/mol. The summed E-state index contributed by atoms with van der Waals surface area (Å²) in [6.45, 7) is 0. The van der Waals surface area contributed by atoms with E-state index in [1.807, 2.05) is 18.0 Å². The maximum Gasteiger partial charge on any atom is 0.0979 e. The van der Waals surface area contributed by atoms with Crippen LogP contribution in [0.25, 0.3) is 66.1 Å². The summed E-state index contributed by atoms with van der Waals surface area (Å²) >= 11 is 1.99. The van der Waals surface area contributed by atoms with Gasteiger partial charge in [0.2, 0.25) is 0 Å². The summed E-state index contributed by atoms with van der Waals surface area (Å²) in [4.78, 5) is 11.6. The Morgan fingerprint density at radius 2 is 1.16 bits per heavy atom. The molecule has 0 fully saturated rings. The number of fused-ring (bicyclic) bond motifs is 9. The van der Waals surface area contributed by atoms with E-state index in [1.165, 1.54) is 43.5 Å². The molecule has 9 rings (SSSR count). The molecule has 2 atom stereocenters. The summed E-state index contributed by atoms with van der Waals surface area (Å²) in [5.74, 6) is 0.461. The van der Waals surface area contributed by atoms with Crippen LogP contribution in [0.5, 0.6) is 0 Å². The number of hydrogen-bond donors (Lipinski definition) is 0. The molecule has 0 saturated heterocycles. The highest BCUT2D eigenvalue weighted by molar-refractivity contribution is 8.00. The molecule has 1 aromatic heterocycles. The van der Waals surface area contributed by atoms with E-state index in [1.54, 1.807) is 0 Å². The molecule has 1 aliphatic carbocycles.